The number of nitrogens with zero attached hydrogens (tertiary/aromatic N) is 1. The predicted molar refractivity (Wildman–Crippen MR) is 346 cm³/mol. The number of methoxy groups -OCH3 is 1. The molecule has 1 amide bonds. The number of anilines is 1. The maximum atomic E-state index is 13.0. The molecule has 2 unspecified atom stereocenters. The van der Waals surface area contributed by atoms with E-state index in [-0.39, 0.29) is 61.6 Å². The molecule has 0 N–H and O–H groups in total. The first-order valence-electron chi connectivity index (χ1n) is 28.7. The second kappa shape index (κ2) is 34.4. The molecule has 0 saturated carbocycles. The maximum absolute atomic E-state index is 13.0. The van der Waals surface area contributed by atoms with Gasteiger partial charge in [-0.2, -0.15) is 0 Å². The van der Waals surface area contributed by atoms with Crippen molar-refractivity contribution in [1.82, 2.24) is 0 Å². The number of amides is 1. The summed E-state index contributed by atoms with van der Waals surface area (Å²) < 4.78 is 86.5. The van der Waals surface area contributed by atoms with Crippen LogP contribution in [0.2, 0.25) is 0 Å². The van der Waals surface area contributed by atoms with Crippen molar-refractivity contribution >= 4 is 48.7 Å². The van der Waals surface area contributed by atoms with Gasteiger partial charge in [0.1, 0.15) is 37.5 Å². The van der Waals surface area contributed by atoms with Gasteiger partial charge in [-0.1, -0.05) is 173 Å². The van der Waals surface area contributed by atoms with Gasteiger partial charge in [-0.15, -0.1) is 0 Å². The van der Waals surface area contributed by atoms with Crippen molar-refractivity contribution in [2.24, 2.45) is 0 Å². The Morgan fingerprint density at radius 2 is 0.944 bits per heavy atom. The summed E-state index contributed by atoms with van der Waals surface area (Å²) in [4.78, 5) is 29.7. The lowest BCUT2D eigenvalue weighted by Crippen LogP contribution is -3.61. The van der Waals surface area contributed by atoms with Crippen molar-refractivity contribution in [2.45, 2.75) is 83.4 Å². The zero-order valence-electron chi connectivity index (χ0n) is 50.0. The molecule has 12 nitrogen and oxygen atoms in total. The van der Waals surface area contributed by atoms with Crippen molar-refractivity contribution in [2.75, 3.05) is 18.6 Å². The van der Waals surface area contributed by atoms with Gasteiger partial charge in [-0.3, -0.25) is 4.79 Å². The Morgan fingerprint density at radius 3 is 1.42 bits per heavy atom. The van der Waals surface area contributed by atoms with Gasteiger partial charge in [0.25, 0.3) is 5.91 Å². The summed E-state index contributed by atoms with van der Waals surface area (Å²) in [7, 11) is -7.70. The molecule has 10 aromatic rings. The average molecular weight is 1360 g/mol. The summed E-state index contributed by atoms with van der Waals surface area (Å²) in [5.41, 5.74) is 3.44. The smallest absolute Gasteiger partial charge is 0.357 e. The minimum absolute atomic E-state index is 0.0287. The van der Waals surface area contributed by atoms with Crippen LogP contribution in [0.4, 0.5) is 5.69 Å². The Morgan fingerprint density at radius 1 is 0.494 bits per heavy atom. The van der Waals surface area contributed by atoms with Gasteiger partial charge < -0.3 is 28.2 Å². The van der Waals surface area contributed by atoms with Gasteiger partial charge in [0, 0.05) is 11.8 Å². The van der Waals surface area contributed by atoms with Crippen LogP contribution >= 0.6 is 0 Å². The molecule has 0 saturated heterocycles. The molecule has 0 radical (unpaired) electrons. The third kappa shape index (κ3) is 21.4. The number of hydrogen-bond donors (Lipinski definition) is 0. The molecular formula is C73H70INO11S3. The SMILES string of the molecule is CCC(C)c1ccc(OC(=O)c2ccccc2S(=O)(=O)[O-])cc1.CCC(C)c1ccc(OCC(=O)N(Cc2ccccc2)c2ccc(S(=O)(=O)[O-])cc2)cc1.COc1cccc([S+](c2ccccc2)c2ccccc2)c1.c1ccc([I+]c2ccccc2)cc1. The van der Waals surface area contributed by atoms with Crippen LogP contribution in [0.25, 0.3) is 0 Å². The van der Waals surface area contributed by atoms with Gasteiger partial charge >= 0.3 is 27.2 Å². The van der Waals surface area contributed by atoms with Crippen LogP contribution in [-0.4, -0.2) is 51.5 Å². The van der Waals surface area contributed by atoms with E-state index in [1.165, 1.54) is 74.8 Å². The molecule has 458 valence electrons. The molecule has 10 rings (SSSR count). The monoisotopic (exact) mass is 1360 g/mol. The number of hydrogen-bond acceptors (Lipinski definition) is 11. The van der Waals surface area contributed by atoms with Gasteiger partial charge in [0.15, 0.2) is 28.4 Å². The second-order valence-electron chi connectivity index (χ2n) is 20.1. The highest BCUT2D eigenvalue weighted by molar-refractivity contribution is 7.97. The van der Waals surface area contributed by atoms with E-state index in [1.54, 1.807) is 19.2 Å². The molecular weight excluding hydrogens is 1290 g/mol. The quantitative estimate of drug-likeness (QED) is 0.0233. The normalized spacial score (nSPS) is 11.6. The summed E-state index contributed by atoms with van der Waals surface area (Å²) in [6.45, 7) is 8.56. The van der Waals surface area contributed by atoms with Gasteiger partial charge in [-0.05, 0) is 163 Å². The van der Waals surface area contributed by atoms with E-state index in [2.05, 4.69) is 167 Å². The van der Waals surface area contributed by atoms with Crippen molar-refractivity contribution in [3.8, 4) is 17.2 Å². The number of halogens is 1. The molecule has 0 aliphatic rings. The van der Waals surface area contributed by atoms with Crippen LogP contribution < -0.4 is 40.3 Å². The van der Waals surface area contributed by atoms with Crippen molar-refractivity contribution in [3.63, 3.8) is 0 Å². The topological polar surface area (TPSA) is 179 Å². The highest BCUT2D eigenvalue weighted by atomic mass is 127. The van der Waals surface area contributed by atoms with Crippen molar-refractivity contribution in [3.05, 3.63) is 302 Å². The number of esters is 1. The predicted octanol–water partition coefficient (Wildman–Crippen LogP) is 12.6. The van der Waals surface area contributed by atoms with Gasteiger partial charge in [-0.25, -0.2) is 21.6 Å². The molecule has 0 fully saturated rings. The molecule has 2 atom stereocenters. The van der Waals surface area contributed by atoms with Crippen LogP contribution in [0, 0.1) is 7.14 Å². The average Bonchev–Trinajstić information content (AvgIpc) is 2.64. The van der Waals surface area contributed by atoms with Gasteiger partial charge in [0.05, 0.1) is 39.9 Å². The Balaban J connectivity index is 0.000000176. The minimum Gasteiger partial charge on any atom is -0.744 e. The minimum atomic E-state index is -4.74. The lowest BCUT2D eigenvalue weighted by molar-refractivity contribution is -0.597. The molecule has 10 aromatic carbocycles. The fourth-order valence-electron chi connectivity index (χ4n) is 8.68. The number of rotatable bonds is 20. The van der Waals surface area contributed by atoms with E-state index in [4.69, 9.17) is 14.2 Å². The number of carbonyl (C=O) groups is 2. The third-order valence-corrected chi connectivity index (χ3v) is 20.6. The highest BCUT2D eigenvalue weighted by Gasteiger charge is 2.29. The van der Waals surface area contributed by atoms with Crippen LogP contribution in [0.1, 0.15) is 79.4 Å². The van der Waals surface area contributed by atoms with E-state index in [0.717, 1.165) is 35.8 Å². The molecule has 89 heavy (non-hydrogen) atoms. The Bertz CT molecular complexity index is 3930. The fourth-order valence-corrected chi connectivity index (χ4v) is 14.2. The second-order valence-corrected chi connectivity index (χ2v) is 27.9. The van der Waals surface area contributed by atoms with Crippen molar-refractivity contribution in [1.29, 1.82) is 0 Å². The molecule has 0 heterocycles. The molecule has 0 bridgehead atoms. The fraction of sp³-hybridized carbons (Fsp3) is 0.151. The number of ether oxygens (including phenoxy) is 3. The maximum Gasteiger partial charge on any atom is 0.357 e. The van der Waals surface area contributed by atoms with Gasteiger partial charge in [0.2, 0.25) is 0 Å². The summed E-state index contributed by atoms with van der Waals surface area (Å²) in [5, 5.41) is 0. The third-order valence-electron chi connectivity index (χ3n) is 13.9. The number of carbonyl (C=O) groups excluding carboxylic acids is 2. The molecule has 0 aromatic heterocycles. The van der Waals surface area contributed by atoms with E-state index >= 15 is 0 Å². The Kier molecular flexibility index (Phi) is 26.3. The molecule has 0 aliphatic carbocycles. The lowest BCUT2D eigenvalue weighted by atomic mass is 9.99. The highest BCUT2D eigenvalue weighted by Crippen LogP contribution is 2.33. The zero-order chi connectivity index (χ0) is 63.6. The van der Waals surface area contributed by atoms with Crippen LogP contribution in [0.5, 0.6) is 17.2 Å². The van der Waals surface area contributed by atoms with Crippen LogP contribution in [0.15, 0.2) is 297 Å². The Labute approximate surface area is 537 Å². The first kappa shape index (κ1) is 68.1. The standard InChI is InChI=1S/C25H27NO5S.C19H17OS.C17H18O5S.C12H10I/c1-3-19(2)21-9-13-23(14-10-21)31-18-25(27)26(17-20-7-5-4-6-8-20)22-11-15-24(16-12-22)32(28,29)30;1-20-16-9-8-14-19(15-16)21(17-10-4-2-5-11-17)18-12-6-3-7-13-18;1-3-12(2)13-8-10-14(11-9-13)22-17(18)15-6-4-5-7-16(15)23(19,20)21;1-3-7-11(8-4-1)13-12-9-5-2-6-10-12/h4-16,19H,3,17-18H2,1-2H3,(H,28,29,30);2-15H,1H3;4-12H,3H2,1-2H3,(H,19,20,21);1-10H/q;+1;;+1/p-2. The molecule has 0 spiro atoms. The molecule has 0 aliphatic heterocycles. The van der Waals surface area contributed by atoms with Crippen LogP contribution in [-0.2, 0) is 42.5 Å². The van der Waals surface area contributed by atoms with E-state index in [0.29, 0.717) is 29.0 Å². The first-order valence-corrected chi connectivity index (χ1v) is 34.9. The van der Waals surface area contributed by atoms with Crippen molar-refractivity contribution < 1.29 is 70.9 Å². The summed E-state index contributed by atoms with van der Waals surface area (Å²) in [6, 6.07) is 85.6. The summed E-state index contributed by atoms with van der Waals surface area (Å²) in [5.74, 6) is 1.46. The van der Waals surface area contributed by atoms with Crippen LogP contribution in [0.3, 0.4) is 0 Å². The van der Waals surface area contributed by atoms with E-state index in [9.17, 15) is 35.5 Å². The Hall–Kier alpha value is -8.36. The zero-order valence-corrected chi connectivity index (χ0v) is 54.6. The largest absolute Gasteiger partial charge is 0.744 e. The van der Waals surface area contributed by atoms with E-state index in [1.807, 2.05) is 72.8 Å². The summed E-state index contributed by atoms with van der Waals surface area (Å²) >= 11 is 0.0287. The number of benzene rings is 10. The van der Waals surface area contributed by atoms with E-state index < -0.39 is 31.1 Å². The first-order chi connectivity index (χ1) is 42.9. The molecule has 16 heteroatoms. The summed E-state index contributed by atoms with van der Waals surface area (Å²) in [6.07, 6.45) is 2.04. The lowest BCUT2D eigenvalue weighted by Gasteiger charge is -2.24.